The Morgan fingerprint density at radius 3 is 2.83 bits per heavy atom. The number of anilines is 1. The summed E-state index contributed by atoms with van der Waals surface area (Å²) in [6.45, 7) is 5.32. The Balaban J connectivity index is 2.18. The molecule has 1 atom stereocenters. The first-order valence-corrected chi connectivity index (χ1v) is 6.43. The van der Waals surface area contributed by atoms with Gasteiger partial charge in [-0.2, -0.15) is 0 Å². The minimum absolute atomic E-state index is 0.0675. The van der Waals surface area contributed by atoms with Crippen molar-refractivity contribution in [3.63, 3.8) is 0 Å². The van der Waals surface area contributed by atoms with Crippen molar-refractivity contribution < 1.29 is 10.2 Å². The molecule has 2 N–H and O–H groups in total. The van der Waals surface area contributed by atoms with Crippen LogP contribution in [0.5, 0.6) is 0 Å². The maximum Gasteiger partial charge on any atom is 0.225 e. The number of aliphatic hydroxyl groups is 2. The topological polar surface area (TPSA) is 69.5 Å². The first-order valence-electron chi connectivity index (χ1n) is 6.43. The van der Waals surface area contributed by atoms with Crippen LogP contribution in [0.4, 0.5) is 5.95 Å². The van der Waals surface area contributed by atoms with Crippen molar-refractivity contribution in [2.45, 2.75) is 45.3 Å². The monoisotopic (exact) mass is 251 g/mol. The Morgan fingerprint density at radius 2 is 2.11 bits per heavy atom. The summed E-state index contributed by atoms with van der Waals surface area (Å²) < 4.78 is 0. The fourth-order valence-corrected chi connectivity index (χ4v) is 2.30. The number of aliphatic hydroxyl groups excluding tert-OH is 1. The van der Waals surface area contributed by atoms with Gasteiger partial charge in [0.05, 0.1) is 17.9 Å². The molecular weight excluding hydrogens is 230 g/mol. The van der Waals surface area contributed by atoms with Crippen LogP contribution in [0.1, 0.15) is 37.6 Å². The quantitative estimate of drug-likeness (QED) is 0.821. The highest BCUT2D eigenvalue weighted by atomic mass is 16.3. The van der Waals surface area contributed by atoms with Gasteiger partial charge in [-0.15, -0.1) is 0 Å². The van der Waals surface area contributed by atoms with Gasteiger partial charge in [0.15, 0.2) is 0 Å². The number of hydrogen-bond acceptors (Lipinski definition) is 5. The van der Waals surface area contributed by atoms with Crippen molar-refractivity contribution in [3.8, 4) is 0 Å². The van der Waals surface area contributed by atoms with E-state index in [1.165, 1.54) is 0 Å². The summed E-state index contributed by atoms with van der Waals surface area (Å²) in [4.78, 5) is 10.9. The fraction of sp³-hybridized carbons (Fsp3) is 0.692. The number of aromatic nitrogens is 2. The van der Waals surface area contributed by atoms with Crippen molar-refractivity contribution >= 4 is 5.95 Å². The number of nitrogens with zero attached hydrogens (tertiary/aromatic N) is 3. The Hall–Kier alpha value is -1.20. The molecule has 5 heteroatoms. The van der Waals surface area contributed by atoms with E-state index in [2.05, 4.69) is 14.9 Å². The first kappa shape index (κ1) is 13.2. The predicted octanol–water partition coefficient (Wildman–Crippen LogP) is 1.02. The Kier molecular flexibility index (Phi) is 3.82. The molecule has 0 bridgehead atoms. The molecule has 1 aromatic rings. The van der Waals surface area contributed by atoms with E-state index < -0.39 is 5.60 Å². The molecule has 1 fully saturated rings. The second-order valence-electron chi connectivity index (χ2n) is 5.30. The molecule has 5 nitrogen and oxygen atoms in total. The molecule has 0 spiro atoms. The van der Waals surface area contributed by atoms with E-state index in [1.54, 1.807) is 6.07 Å². The first-order chi connectivity index (χ1) is 8.50. The molecule has 0 saturated carbocycles. The summed E-state index contributed by atoms with van der Waals surface area (Å²) in [5, 5.41) is 19.2. The van der Waals surface area contributed by atoms with Crippen LogP contribution in [-0.4, -0.2) is 38.9 Å². The zero-order valence-corrected chi connectivity index (χ0v) is 11.1. The summed E-state index contributed by atoms with van der Waals surface area (Å²) in [5.74, 6) is 0.664. The highest BCUT2D eigenvalue weighted by molar-refractivity contribution is 5.32. The Labute approximate surface area is 107 Å². The van der Waals surface area contributed by atoms with Gasteiger partial charge in [-0.1, -0.05) is 0 Å². The van der Waals surface area contributed by atoms with E-state index in [4.69, 9.17) is 0 Å². The molecular formula is C13H21N3O2. The van der Waals surface area contributed by atoms with Crippen LogP contribution in [0.3, 0.4) is 0 Å². The van der Waals surface area contributed by atoms with Crippen molar-refractivity contribution in [2.24, 2.45) is 0 Å². The van der Waals surface area contributed by atoms with Crippen molar-refractivity contribution in [3.05, 3.63) is 17.5 Å². The zero-order chi connectivity index (χ0) is 13.2. The number of rotatable bonds is 2. The van der Waals surface area contributed by atoms with Gasteiger partial charge < -0.3 is 15.1 Å². The SMILES string of the molecule is Cc1cc(CO)nc(N2CCCC(C)(O)CC2)n1. The molecule has 1 aliphatic heterocycles. The third-order valence-corrected chi connectivity index (χ3v) is 3.40. The lowest BCUT2D eigenvalue weighted by Gasteiger charge is -2.23. The maximum atomic E-state index is 10.1. The average molecular weight is 251 g/mol. The smallest absolute Gasteiger partial charge is 0.225 e. The van der Waals surface area contributed by atoms with Crippen LogP contribution in [0.2, 0.25) is 0 Å². The van der Waals surface area contributed by atoms with E-state index in [0.717, 1.165) is 38.0 Å². The van der Waals surface area contributed by atoms with Gasteiger partial charge in [-0.25, -0.2) is 9.97 Å². The Morgan fingerprint density at radius 1 is 1.33 bits per heavy atom. The molecule has 0 aromatic carbocycles. The van der Waals surface area contributed by atoms with Gasteiger partial charge in [0.2, 0.25) is 5.95 Å². The summed E-state index contributed by atoms with van der Waals surface area (Å²) >= 11 is 0. The number of aryl methyl sites for hydroxylation is 1. The summed E-state index contributed by atoms with van der Waals surface area (Å²) in [5.41, 5.74) is 0.923. The molecule has 1 aromatic heterocycles. The molecule has 1 aliphatic rings. The van der Waals surface area contributed by atoms with E-state index in [9.17, 15) is 10.2 Å². The van der Waals surface area contributed by atoms with Gasteiger partial charge >= 0.3 is 0 Å². The lowest BCUT2D eigenvalue weighted by molar-refractivity contribution is 0.0481. The van der Waals surface area contributed by atoms with Crippen molar-refractivity contribution in [1.82, 2.24) is 9.97 Å². The maximum absolute atomic E-state index is 10.1. The van der Waals surface area contributed by atoms with Crippen LogP contribution in [-0.2, 0) is 6.61 Å². The zero-order valence-electron chi connectivity index (χ0n) is 11.1. The highest BCUT2D eigenvalue weighted by Crippen LogP contribution is 2.23. The lowest BCUT2D eigenvalue weighted by Crippen LogP contribution is -2.29. The summed E-state index contributed by atoms with van der Waals surface area (Å²) in [7, 11) is 0. The van der Waals surface area contributed by atoms with Crippen LogP contribution in [0.25, 0.3) is 0 Å². The average Bonchev–Trinajstić information content (AvgIpc) is 2.49. The van der Waals surface area contributed by atoms with E-state index in [-0.39, 0.29) is 6.61 Å². The van der Waals surface area contributed by atoms with Crippen molar-refractivity contribution in [2.75, 3.05) is 18.0 Å². The minimum atomic E-state index is -0.585. The number of hydrogen-bond donors (Lipinski definition) is 2. The highest BCUT2D eigenvalue weighted by Gasteiger charge is 2.26. The van der Waals surface area contributed by atoms with E-state index >= 15 is 0 Å². The van der Waals surface area contributed by atoms with E-state index in [1.807, 2.05) is 13.8 Å². The molecule has 2 rings (SSSR count). The van der Waals surface area contributed by atoms with Crippen LogP contribution in [0, 0.1) is 6.92 Å². The molecule has 100 valence electrons. The van der Waals surface area contributed by atoms with Gasteiger partial charge in [0.1, 0.15) is 0 Å². The molecule has 0 aliphatic carbocycles. The molecule has 2 heterocycles. The van der Waals surface area contributed by atoms with Crippen LogP contribution < -0.4 is 4.90 Å². The van der Waals surface area contributed by atoms with Gasteiger partial charge in [-0.3, -0.25) is 0 Å². The van der Waals surface area contributed by atoms with Gasteiger partial charge in [0.25, 0.3) is 0 Å². The van der Waals surface area contributed by atoms with Gasteiger partial charge in [-0.05, 0) is 39.2 Å². The third-order valence-electron chi connectivity index (χ3n) is 3.40. The van der Waals surface area contributed by atoms with Crippen LogP contribution >= 0.6 is 0 Å². The third kappa shape index (κ3) is 3.17. The molecule has 1 unspecified atom stereocenters. The summed E-state index contributed by atoms with van der Waals surface area (Å²) in [6.07, 6.45) is 2.46. The van der Waals surface area contributed by atoms with Crippen LogP contribution in [0.15, 0.2) is 6.07 Å². The second-order valence-corrected chi connectivity index (χ2v) is 5.30. The van der Waals surface area contributed by atoms with E-state index in [0.29, 0.717) is 11.6 Å². The lowest BCUT2D eigenvalue weighted by atomic mass is 9.98. The Bertz CT molecular complexity index is 421. The summed E-state index contributed by atoms with van der Waals surface area (Å²) in [6, 6.07) is 1.79. The normalized spacial score (nSPS) is 25.0. The largest absolute Gasteiger partial charge is 0.390 e. The molecule has 0 radical (unpaired) electrons. The standard InChI is InChI=1S/C13H21N3O2/c1-10-8-11(9-17)15-12(14-10)16-6-3-4-13(2,18)5-7-16/h8,17-18H,3-7,9H2,1-2H3. The predicted molar refractivity (Wildman–Crippen MR) is 69.4 cm³/mol. The molecule has 0 amide bonds. The fourth-order valence-electron chi connectivity index (χ4n) is 2.30. The van der Waals surface area contributed by atoms with Gasteiger partial charge in [0, 0.05) is 18.8 Å². The van der Waals surface area contributed by atoms with Crippen molar-refractivity contribution in [1.29, 1.82) is 0 Å². The minimum Gasteiger partial charge on any atom is -0.390 e. The molecule has 1 saturated heterocycles. The second kappa shape index (κ2) is 5.20. The molecule has 18 heavy (non-hydrogen) atoms.